The SMILES string of the molecule is CN(C)CCN1C(=O)c2cc(/N=N/N(C)C)cc3cc(/N=N/N(C)C)cc(c23)C1=O. The lowest BCUT2D eigenvalue weighted by atomic mass is 9.92. The maximum atomic E-state index is 13.2. The van der Waals surface area contributed by atoms with E-state index in [1.165, 1.54) is 4.90 Å². The number of likely N-dealkylation sites (N-methyl/N-ethyl adjacent to an activating group) is 1. The van der Waals surface area contributed by atoms with Crippen LogP contribution in [0, 0.1) is 0 Å². The molecule has 1 aliphatic heterocycles. The molecule has 2 aromatic rings. The summed E-state index contributed by atoms with van der Waals surface area (Å²) in [6, 6.07) is 6.94. The van der Waals surface area contributed by atoms with Gasteiger partial charge in [0.15, 0.2) is 0 Å². The third-order valence-electron chi connectivity index (χ3n) is 4.42. The van der Waals surface area contributed by atoms with Crippen LogP contribution >= 0.6 is 0 Å². The van der Waals surface area contributed by atoms with E-state index in [-0.39, 0.29) is 11.8 Å². The monoisotopic (exact) mass is 410 g/mol. The van der Waals surface area contributed by atoms with Crippen molar-refractivity contribution in [2.75, 3.05) is 55.4 Å². The predicted molar refractivity (Wildman–Crippen MR) is 114 cm³/mol. The summed E-state index contributed by atoms with van der Waals surface area (Å²) in [5, 5.41) is 20.9. The highest BCUT2D eigenvalue weighted by atomic mass is 16.2. The van der Waals surface area contributed by atoms with E-state index in [1.807, 2.05) is 19.0 Å². The Bertz CT molecular complexity index is 970. The molecule has 0 bridgehead atoms. The quantitative estimate of drug-likeness (QED) is 0.397. The van der Waals surface area contributed by atoms with Gasteiger partial charge in [-0.2, -0.15) is 0 Å². The lowest BCUT2D eigenvalue weighted by Crippen LogP contribution is -2.43. The third kappa shape index (κ3) is 4.43. The Morgan fingerprint density at radius 3 is 1.63 bits per heavy atom. The second-order valence-electron chi connectivity index (χ2n) is 7.72. The van der Waals surface area contributed by atoms with Crippen molar-refractivity contribution in [3.05, 3.63) is 35.4 Å². The predicted octanol–water partition coefficient (Wildman–Crippen LogP) is 3.12. The fourth-order valence-electron chi connectivity index (χ4n) is 3.11. The van der Waals surface area contributed by atoms with E-state index in [0.29, 0.717) is 46.4 Å². The molecule has 3 rings (SSSR count). The zero-order valence-corrected chi connectivity index (χ0v) is 18.1. The van der Waals surface area contributed by atoms with Crippen LogP contribution in [0.5, 0.6) is 0 Å². The highest BCUT2D eigenvalue weighted by Crippen LogP contribution is 2.36. The van der Waals surface area contributed by atoms with Gasteiger partial charge in [-0.15, -0.1) is 10.2 Å². The fourth-order valence-corrected chi connectivity index (χ4v) is 3.11. The van der Waals surface area contributed by atoms with Crippen LogP contribution in [0.4, 0.5) is 11.4 Å². The molecule has 10 heteroatoms. The van der Waals surface area contributed by atoms with Crippen molar-refractivity contribution in [2.24, 2.45) is 20.7 Å². The summed E-state index contributed by atoms with van der Waals surface area (Å²) in [6.45, 7) is 0.856. The summed E-state index contributed by atoms with van der Waals surface area (Å²) >= 11 is 0. The van der Waals surface area contributed by atoms with Crippen molar-refractivity contribution >= 4 is 34.0 Å². The lowest BCUT2D eigenvalue weighted by Gasteiger charge is -2.28. The zero-order chi connectivity index (χ0) is 22.0. The van der Waals surface area contributed by atoms with E-state index in [4.69, 9.17) is 0 Å². The number of carbonyl (C=O) groups is 2. The summed E-state index contributed by atoms with van der Waals surface area (Å²) in [7, 11) is 10.8. The molecule has 158 valence electrons. The van der Waals surface area contributed by atoms with Crippen molar-refractivity contribution in [3.8, 4) is 0 Å². The molecule has 10 nitrogen and oxygen atoms in total. The van der Waals surface area contributed by atoms with E-state index >= 15 is 0 Å². The molecule has 0 atom stereocenters. The number of carbonyl (C=O) groups excluding carboxylic acids is 2. The second-order valence-corrected chi connectivity index (χ2v) is 7.72. The van der Waals surface area contributed by atoms with Gasteiger partial charge in [0, 0.05) is 46.7 Å². The van der Waals surface area contributed by atoms with E-state index < -0.39 is 0 Å². The number of benzene rings is 2. The highest BCUT2D eigenvalue weighted by molar-refractivity contribution is 6.26. The smallest absolute Gasteiger partial charge is 0.261 e. The molecule has 2 aromatic carbocycles. The van der Waals surface area contributed by atoms with Crippen LogP contribution in [0.2, 0.25) is 0 Å². The molecule has 0 fully saturated rings. The standard InChI is InChI=1S/C20H26N8O2/c1-25(2)7-8-28-19(29)16-11-14(21-23-26(3)4)9-13-10-15(22-24-27(5)6)12-17(18(13)16)20(28)30/h9-12H,7-8H2,1-6H3/b23-21+,24-22+. The Balaban J connectivity index is 2.20. The van der Waals surface area contributed by atoms with Gasteiger partial charge >= 0.3 is 0 Å². The zero-order valence-electron chi connectivity index (χ0n) is 18.1. The Morgan fingerprint density at radius 1 is 0.767 bits per heavy atom. The van der Waals surface area contributed by atoms with Gasteiger partial charge in [0.05, 0.1) is 22.5 Å². The topological polar surface area (TPSA) is 96.5 Å². The summed E-state index contributed by atoms with van der Waals surface area (Å²) in [5.74, 6) is -0.659. The Hall–Kier alpha value is -3.40. The van der Waals surface area contributed by atoms with Crippen molar-refractivity contribution < 1.29 is 9.59 Å². The van der Waals surface area contributed by atoms with Gasteiger partial charge in [0.2, 0.25) is 0 Å². The molecule has 0 aliphatic carbocycles. The van der Waals surface area contributed by atoms with E-state index in [2.05, 4.69) is 20.7 Å². The molecule has 0 spiro atoms. The molecule has 1 aliphatic rings. The maximum Gasteiger partial charge on any atom is 0.261 e. The largest absolute Gasteiger partial charge is 0.308 e. The Kier molecular flexibility index (Phi) is 6.06. The molecule has 0 aromatic heterocycles. The number of hydrogen-bond donors (Lipinski definition) is 0. The highest BCUT2D eigenvalue weighted by Gasteiger charge is 2.33. The summed E-state index contributed by atoms with van der Waals surface area (Å²) in [6.07, 6.45) is 0. The van der Waals surface area contributed by atoms with Gasteiger partial charge in [0.25, 0.3) is 11.8 Å². The average molecular weight is 410 g/mol. The van der Waals surface area contributed by atoms with Gasteiger partial charge < -0.3 is 4.90 Å². The molecule has 1 heterocycles. The summed E-state index contributed by atoms with van der Waals surface area (Å²) in [4.78, 5) is 29.5. The normalized spacial score (nSPS) is 14.0. The first-order valence-corrected chi connectivity index (χ1v) is 9.48. The lowest BCUT2D eigenvalue weighted by molar-refractivity contribution is 0.0601. The minimum atomic E-state index is -0.330. The molecule has 0 saturated carbocycles. The van der Waals surface area contributed by atoms with Crippen LogP contribution < -0.4 is 0 Å². The molecule has 0 saturated heterocycles. The minimum Gasteiger partial charge on any atom is -0.308 e. The molecular weight excluding hydrogens is 384 g/mol. The number of imide groups is 1. The van der Waals surface area contributed by atoms with Crippen LogP contribution in [-0.4, -0.2) is 87.0 Å². The number of hydrogen-bond acceptors (Lipinski definition) is 7. The first-order chi connectivity index (χ1) is 14.2. The van der Waals surface area contributed by atoms with Crippen molar-refractivity contribution in [2.45, 2.75) is 0 Å². The molecule has 0 N–H and O–H groups in total. The number of rotatable bonds is 7. The van der Waals surface area contributed by atoms with Gasteiger partial charge in [-0.3, -0.25) is 24.5 Å². The molecular formula is C20H26N8O2. The average Bonchev–Trinajstić information content (AvgIpc) is 2.68. The Morgan fingerprint density at radius 2 is 1.23 bits per heavy atom. The van der Waals surface area contributed by atoms with Gasteiger partial charge in [-0.25, -0.2) is 0 Å². The van der Waals surface area contributed by atoms with E-state index in [1.54, 1.807) is 62.5 Å². The van der Waals surface area contributed by atoms with Crippen LogP contribution in [-0.2, 0) is 0 Å². The van der Waals surface area contributed by atoms with Crippen LogP contribution in [0.25, 0.3) is 10.8 Å². The van der Waals surface area contributed by atoms with Crippen molar-refractivity contribution in [1.82, 2.24) is 19.8 Å². The molecule has 30 heavy (non-hydrogen) atoms. The Labute approximate surface area is 175 Å². The first-order valence-electron chi connectivity index (χ1n) is 9.48. The van der Waals surface area contributed by atoms with Crippen LogP contribution in [0.1, 0.15) is 20.7 Å². The third-order valence-corrected chi connectivity index (χ3v) is 4.42. The summed E-state index contributed by atoms with van der Waals surface area (Å²) in [5.41, 5.74) is 1.91. The first kappa shape index (κ1) is 21.3. The minimum absolute atomic E-state index is 0.290. The van der Waals surface area contributed by atoms with Crippen molar-refractivity contribution in [3.63, 3.8) is 0 Å². The molecule has 0 unspecified atom stereocenters. The van der Waals surface area contributed by atoms with Gasteiger partial charge in [0.1, 0.15) is 0 Å². The summed E-state index contributed by atoms with van der Waals surface area (Å²) < 4.78 is 0. The van der Waals surface area contributed by atoms with E-state index in [9.17, 15) is 9.59 Å². The fraction of sp³-hybridized carbons (Fsp3) is 0.400. The number of amides is 2. The van der Waals surface area contributed by atoms with Gasteiger partial charge in [-0.1, -0.05) is 10.4 Å². The van der Waals surface area contributed by atoms with Crippen molar-refractivity contribution in [1.29, 1.82) is 0 Å². The molecule has 0 radical (unpaired) electrons. The maximum absolute atomic E-state index is 13.2. The number of nitrogens with zero attached hydrogens (tertiary/aromatic N) is 8. The molecule has 2 amide bonds. The van der Waals surface area contributed by atoms with Crippen LogP contribution in [0.15, 0.2) is 44.9 Å². The van der Waals surface area contributed by atoms with Crippen LogP contribution in [0.3, 0.4) is 0 Å². The second kappa shape index (κ2) is 8.54. The van der Waals surface area contributed by atoms with E-state index in [0.717, 1.165) is 0 Å². The van der Waals surface area contributed by atoms with Gasteiger partial charge in [-0.05, 0) is 43.7 Å².